The van der Waals surface area contributed by atoms with Gasteiger partial charge >= 0.3 is 0 Å². The number of nitrogens with one attached hydrogen (secondary N) is 1. The van der Waals surface area contributed by atoms with Gasteiger partial charge < -0.3 is 9.88 Å². The predicted molar refractivity (Wildman–Crippen MR) is 108 cm³/mol. The number of carbonyl (C=O) groups is 2. The first kappa shape index (κ1) is 18.6. The van der Waals surface area contributed by atoms with Gasteiger partial charge in [0.2, 0.25) is 0 Å². The van der Waals surface area contributed by atoms with Crippen LogP contribution in [0.25, 0.3) is 0 Å². The number of benzene rings is 2. The Balaban J connectivity index is 1.79. The minimum absolute atomic E-state index is 0.385. The Labute approximate surface area is 159 Å². The minimum atomic E-state index is -0.617. The summed E-state index contributed by atoms with van der Waals surface area (Å²) in [6.07, 6.45) is 1.82. The SMILES string of the molecule is Cc1ccc(Cn2cccc2C(=O)C(=O)Nc2c(C)cc(C)cc2C)cc1. The molecule has 138 valence electrons. The summed E-state index contributed by atoms with van der Waals surface area (Å²) in [5.74, 6) is -1.15. The normalized spacial score (nSPS) is 10.7. The lowest BCUT2D eigenvalue weighted by Crippen LogP contribution is -2.26. The molecule has 3 rings (SSSR count). The molecule has 3 aromatic rings. The van der Waals surface area contributed by atoms with Crippen LogP contribution < -0.4 is 5.32 Å². The summed E-state index contributed by atoms with van der Waals surface area (Å²) in [7, 11) is 0. The van der Waals surface area contributed by atoms with Crippen LogP contribution in [0, 0.1) is 27.7 Å². The van der Waals surface area contributed by atoms with Crippen LogP contribution in [-0.4, -0.2) is 16.3 Å². The van der Waals surface area contributed by atoms with E-state index in [1.807, 2.05) is 70.3 Å². The van der Waals surface area contributed by atoms with Crippen LogP contribution in [0.2, 0.25) is 0 Å². The van der Waals surface area contributed by atoms with E-state index in [0.717, 1.165) is 22.3 Å². The summed E-state index contributed by atoms with van der Waals surface area (Å²) in [6, 6.07) is 15.6. The predicted octanol–water partition coefficient (Wildman–Crippen LogP) is 4.59. The van der Waals surface area contributed by atoms with Gasteiger partial charge in [0.25, 0.3) is 11.7 Å². The van der Waals surface area contributed by atoms with Crippen LogP contribution >= 0.6 is 0 Å². The standard InChI is InChI=1S/C23H24N2O2/c1-15-7-9-19(10-8-15)14-25-11-5-6-20(25)22(26)23(27)24-21-17(3)12-16(2)13-18(21)4/h5-13H,14H2,1-4H3,(H,24,27). The molecule has 27 heavy (non-hydrogen) atoms. The van der Waals surface area contributed by atoms with E-state index < -0.39 is 11.7 Å². The monoisotopic (exact) mass is 360 g/mol. The fourth-order valence-corrected chi connectivity index (χ4v) is 3.31. The molecule has 4 heteroatoms. The molecule has 0 spiro atoms. The second kappa shape index (κ2) is 7.62. The van der Waals surface area contributed by atoms with Crippen LogP contribution in [-0.2, 0) is 11.3 Å². The number of carbonyl (C=O) groups excluding carboxylic acids is 2. The molecule has 0 atom stereocenters. The number of nitrogens with zero attached hydrogens (tertiary/aromatic N) is 1. The van der Waals surface area contributed by atoms with Gasteiger partial charge in [-0.1, -0.05) is 47.5 Å². The van der Waals surface area contributed by atoms with Crippen LogP contribution in [0.4, 0.5) is 5.69 Å². The van der Waals surface area contributed by atoms with Crippen molar-refractivity contribution in [3.05, 3.63) is 88.2 Å². The van der Waals surface area contributed by atoms with Crippen molar-refractivity contribution in [2.45, 2.75) is 34.2 Å². The Morgan fingerprint density at radius 1 is 0.889 bits per heavy atom. The maximum atomic E-state index is 12.7. The van der Waals surface area contributed by atoms with Crippen molar-refractivity contribution in [3.63, 3.8) is 0 Å². The summed E-state index contributed by atoms with van der Waals surface area (Å²) >= 11 is 0. The molecule has 0 aliphatic heterocycles. The number of rotatable bonds is 5. The Hall–Kier alpha value is -3.14. The van der Waals surface area contributed by atoms with Gasteiger partial charge in [-0.2, -0.15) is 0 Å². The average molecular weight is 360 g/mol. The van der Waals surface area contributed by atoms with Crippen molar-refractivity contribution in [1.82, 2.24) is 4.57 Å². The summed E-state index contributed by atoms with van der Waals surface area (Å²) in [6.45, 7) is 8.45. The lowest BCUT2D eigenvalue weighted by atomic mass is 10.0. The molecule has 1 aromatic heterocycles. The lowest BCUT2D eigenvalue weighted by Gasteiger charge is -2.13. The van der Waals surface area contributed by atoms with E-state index in [4.69, 9.17) is 0 Å². The van der Waals surface area contributed by atoms with Crippen LogP contribution in [0.3, 0.4) is 0 Å². The Morgan fingerprint density at radius 3 is 2.15 bits per heavy atom. The zero-order valence-corrected chi connectivity index (χ0v) is 16.2. The van der Waals surface area contributed by atoms with Crippen LogP contribution in [0.15, 0.2) is 54.7 Å². The van der Waals surface area contributed by atoms with Gasteiger partial charge in [0.05, 0.1) is 5.69 Å². The molecule has 2 aromatic carbocycles. The highest BCUT2D eigenvalue weighted by molar-refractivity contribution is 6.46. The van der Waals surface area contributed by atoms with Crippen molar-refractivity contribution < 1.29 is 9.59 Å². The molecule has 0 radical (unpaired) electrons. The molecule has 4 nitrogen and oxygen atoms in total. The first-order valence-corrected chi connectivity index (χ1v) is 8.99. The van der Waals surface area contributed by atoms with Gasteiger partial charge in [-0.15, -0.1) is 0 Å². The van der Waals surface area contributed by atoms with E-state index in [1.54, 1.807) is 16.7 Å². The molecule has 0 aliphatic rings. The quantitative estimate of drug-likeness (QED) is 0.534. The third-order valence-corrected chi connectivity index (χ3v) is 4.66. The maximum absolute atomic E-state index is 12.7. The van der Waals surface area contributed by atoms with E-state index in [2.05, 4.69) is 5.32 Å². The molecular formula is C23H24N2O2. The second-order valence-electron chi connectivity index (χ2n) is 7.06. The number of amides is 1. The minimum Gasteiger partial charge on any atom is -0.340 e. The van der Waals surface area contributed by atoms with E-state index in [0.29, 0.717) is 17.9 Å². The lowest BCUT2D eigenvalue weighted by molar-refractivity contribution is -0.112. The fourth-order valence-electron chi connectivity index (χ4n) is 3.31. The Bertz CT molecular complexity index is 974. The molecular weight excluding hydrogens is 336 g/mol. The van der Waals surface area contributed by atoms with Crippen LogP contribution in [0.5, 0.6) is 0 Å². The highest BCUT2D eigenvalue weighted by atomic mass is 16.2. The number of aryl methyl sites for hydroxylation is 4. The van der Waals surface area contributed by atoms with Crippen molar-refractivity contribution in [1.29, 1.82) is 0 Å². The molecule has 0 saturated heterocycles. The third kappa shape index (κ3) is 4.17. The van der Waals surface area contributed by atoms with Gasteiger partial charge in [-0.25, -0.2) is 0 Å². The summed E-state index contributed by atoms with van der Waals surface area (Å²) in [5, 5.41) is 2.79. The molecule has 1 amide bonds. The van der Waals surface area contributed by atoms with E-state index in [1.165, 1.54) is 5.56 Å². The number of aromatic nitrogens is 1. The number of ketones is 1. The molecule has 0 unspecified atom stereocenters. The van der Waals surface area contributed by atoms with E-state index >= 15 is 0 Å². The molecule has 1 heterocycles. The first-order valence-electron chi connectivity index (χ1n) is 8.99. The number of Topliss-reactive ketones (excluding diaryl/α,β-unsaturated/α-hetero) is 1. The number of hydrogen-bond acceptors (Lipinski definition) is 2. The van der Waals surface area contributed by atoms with Gasteiger partial charge in [-0.3, -0.25) is 9.59 Å². The zero-order valence-electron chi connectivity index (χ0n) is 16.2. The highest BCUT2D eigenvalue weighted by Gasteiger charge is 2.21. The maximum Gasteiger partial charge on any atom is 0.298 e. The van der Waals surface area contributed by atoms with Gasteiger partial charge in [0.15, 0.2) is 0 Å². The summed E-state index contributed by atoms with van der Waals surface area (Å²) < 4.78 is 1.81. The second-order valence-corrected chi connectivity index (χ2v) is 7.06. The third-order valence-electron chi connectivity index (χ3n) is 4.66. The molecule has 1 N–H and O–H groups in total. The van der Waals surface area contributed by atoms with Crippen molar-refractivity contribution in [2.24, 2.45) is 0 Å². The van der Waals surface area contributed by atoms with Crippen LogP contribution in [0.1, 0.15) is 38.3 Å². The zero-order chi connectivity index (χ0) is 19.6. The number of hydrogen-bond donors (Lipinski definition) is 1. The largest absolute Gasteiger partial charge is 0.340 e. The summed E-state index contributed by atoms with van der Waals surface area (Å²) in [5.41, 5.74) is 6.38. The van der Waals surface area contributed by atoms with E-state index in [9.17, 15) is 9.59 Å². The Kier molecular flexibility index (Phi) is 5.26. The van der Waals surface area contributed by atoms with Crippen molar-refractivity contribution >= 4 is 17.4 Å². The fraction of sp³-hybridized carbons (Fsp3) is 0.217. The smallest absolute Gasteiger partial charge is 0.298 e. The van der Waals surface area contributed by atoms with E-state index in [-0.39, 0.29) is 0 Å². The molecule has 0 saturated carbocycles. The first-order chi connectivity index (χ1) is 12.8. The summed E-state index contributed by atoms with van der Waals surface area (Å²) in [4.78, 5) is 25.3. The molecule has 0 bridgehead atoms. The van der Waals surface area contributed by atoms with Gasteiger partial charge in [0.1, 0.15) is 0 Å². The van der Waals surface area contributed by atoms with Crippen molar-refractivity contribution in [3.8, 4) is 0 Å². The average Bonchev–Trinajstić information content (AvgIpc) is 3.07. The number of anilines is 1. The molecule has 0 aliphatic carbocycles. The topological polar surface area (TPSA) is 51.1 Å². The van der Waals surface area contributed by atoms with Crippen molar-refractivity contribution in [2.75, 3.05) is 5.32 Å². The Morgan fingerprint density at radius 2 is 1.52 bits per heavy atom. The molecule has 0 fully saturated rings. The van der Waals surface area contributed by atoms with Gasteiger partial charge in [-0.05, 0) is 56.5 Å². The van der Waals surface area contributed by atoms with Gasteiger partial charge in [0, 0.05) is 18.4 Å². The highest BCUT2D eigenvalue weighted by Crippen LogP contribution is 2.22.